The minimum absolute atomic E-state index is 0.0253. The molecule has 0 radical (unpaired) electrons. The molecule has 8 heteroatoms. The van der Waals surface area contributed by atoms with Crippen molar-refractivity contribution in [2.24, 2.45) is 0 Å². The first kappa shape index (κ1) is 16.1. The van der Waals surface area contributed by atoms with Gasteiger partial charge in [-0.2, -0.15) is 0 Å². The van der Waals surface area contributed by atoms with Gasteiger partial charge in [0, 0.05) is 26.1 Å². The van der Waals surface area contributed by atoms with E-state index in [9.17, 15) is 13.2 Å². The van der Waals surface area contributed by atoms with Crippen molar-refractivity contribution in [3.8, 4) is 0 Å². The molecule has 0 bridgehead atoms. The summed E-state index contributed by atoms with van der Waals surface area (Å²) < 4.78 is 27.5. The molecule has 1 saturated heterocycles. The number of nitrogens with two attached hydrogens (primary N) is 1. The minimum atomic E-state index is -3.70. The highest BCUT2D eigenvalue weighted by Crippen LogP contribution is 2.26. The summed E-state index contributed by atoms with van der Waals surface area (Å²) in [6, 6.07) is 2.59. The molecule has 0 spiro atoms. The van der Waals surface area contributed by atoms with Crippen LogP contribution in [0.3, 0.4) is 0 Å². The van der Waals surface area contributed by atoms with Gasteiger partial charge in [-0.05, 0) is 31.0 Å². The van der Waals surface area contributed by atoms with Crippen LogP contribution in [0.25, 0.3) is 0 Å². The van der Waals surface area contributed by atoms with Crippen LogP contribution in [-0.2, 0) is 14.8 Å². The smallest absolute Gasteiger partial charge is 0.241 e. The number of piperidine rings is 1. The molecule has 21 heavy (non-hydrogen) atoms. The normalized spacial score (nSPS) is 19.9. The number of amides is 1. The Kier molecular flexibility index (Phi) is 4.46. The summed E-state index contributed by atoms with van der Waals surface area (Å²) in [6.45, 7) is 2.02. The lowest BCUT2D eigenvalue weighted by molar-refractivity contribution is -0.132. The number of likely N-dealkylation sites (tertiary alicyclic amines) is 1. The van der Waals surface area contributed by atoms with Gasteiger partial charge in [-0.1, -0.05) is 11.6 Å². The maximum atomic E-state index is 12.5. The third-order valence-electron chi connectivity index (χ3n) is 3.53. The molecule has 1 heterocycles. The van der Waals surface area contributed by atoms with Crippen LogP contribution < -0.4 is 10.5 Å². The molecule has 1 atom stereocenters. The third kappa shape index (κ3) is 3.48. The van der Waals surface area contributed by atoms with Crippen molar-refractivity contribution in [3.63, 3.8) is 0 Å². The minimum Gasteiger partial charge on any atom is -0.397 e. The summed E-state index contributed by atoms with van der Waals surface area (Å²) >= 11 is 5.88. The molecule has 0 aliphatic carbocycles. The molecule has 1 aromatic rings. The Morgan fingerprint density at radius 1 is 1.43 bits per heavy atom. The van der Waals surface area contributed by atoms with Crippen LogP contribution in [0.5, 0.6) is 0 Å². The number of carbonyl (C=O) groups excluding carboxylic acids is 1. The van der Waals surface area contributed by atoms with Crippen LogP contribution in [0.2, 0.25) is 5.02 Å². The zero-order valence-electron chi connectivity index (χ0n) is 11.9. The standard InChI is InChI=1S/C13H18ClN3O3S/c1-8-5-10(14)11(15)6-12(8)21(19,20)16-9-3-4-13(18)17(2)7-9/h5-6,9,16H,3-4,7,15H2,1-2H3. The fraction of sp³-hybridized carbons (Fsp3) is 0.462. The number of carbonyl (C=O) groups is 1. The molecular weight excluding hydrogens is 314 g/mol. The summed E-state index contributed by atoms with van der Waals surface area (Å²) in [5.74, 6) is 0.0253. The van der Waals surface area contributed by atoms with Crippen molar-refractivity contribution in [1.29, 1.82) is 0 Å². The van der Waals surface area contributed by atoms with E-state index in [1.807, 2.05) is 0 Å². The van der Waals surface area contributed by atoms with E-state index in [0.717, 1.165) is 0 Å². The Morgan fingerprint density at radius 2 is 2.10 bits per heavy atom. The molecule has 1 fully saturated rings. The molecular formula is C13H18ClN3O3S. The lowest BCUT2D eigenvalue weighted by Gasteiger charge is -2.30. The molecule has 116 valence electrons. The molecule has 1 unspecified atom stereocenters. The number of hydrogen-bond donors (Lipinski definition) is 2. The van der Waals surface area contributed by atoms with E-state index in [2.05, 4.69) is 4.72 Å². The Morgan fingerprint density at radius 3 is 2.71 bits per heavy atom. The molecule has 0 aromatic heterocycles. The van der Waals surface area contributed by atoms with Crippen LogP contribution in [0.15, 0.2) is 17.0 Å². The van der Waals surface area contributed by atoms with Gasteiger partial charge in [-0.25, -0.2) is 13.1 Å². The number of nitrogen functional groups attached to an aromatic ring is 1. The second-order valence-corrected chi connectivity index (χ2v) is 7.36. The van der Waals surface area contributed by atoms with Crippen molar-refractivity contribution in [2.75, 3.05) is 19.3 Å². The van der Waals surface area contributed by atoms with Crippen molar-refractivity contribution >= 4 is 33.2 Å². The monoisotopic (exact) mass is 331 g/mol. The fourth-order valence-electron chi connectivity index (χ4n) is 2.35. The average Bonchev–Trinajstić information content (AvgIpc) is 2.37. The second-order valence-electron chi connectivity index (χ2n) is 5.27. The first-order chi connectivity index (χ1) is 9.70. The Balaban J connectivity index is 2.23. The number of rotatable bonds is 3. The Bertz CT molecular complexity index is 675. The van der Waals surface area contributed by atoms with Gasteiger partial charge < -0.3 is 10.6 Å². The molecule has 6 nitrogen and oxygen atoms in total. The molecule has 1 aromatic carbocycles. The molecule has 3 N–H and O–H groups in total. The van der Waals surface area contributed by atoms with E-state index >= 15 is 0 Å². The highest BCUT2D eigenvalue weighted by atomic mass is 35.5. The van der Waals surface area contributed by atoms with Gasteiger partial charge in [0.2, 0.25) is 15.9 Å². The largest absolute Gasteiger partial charge is 0.397 e. The first-order valence-corrected chi connectivity index (χ1v) is 8.38. The molecule has 1 amide bonds. The summed E-state index contributed by atoms with van der Waals surface area (Å²) in [5, 5.41) is 0.328. The van der Waals surface area contributed by atoms with Gasteiger partial charge in [0.15, 0.2) is 0 Å². The zero-order valence-corrected chi connectivity index (χ0v) is 13.5. The lowest BCUT2D eigenvalue weighted by Crippen LogP contribution is -2.48. The zero-order chi connectivity index (χ0) is 15.8. The number of nitrogens with zero attached hydrogens (tertiary/aromatic N) is 1. The maximum Gasteiger partial charge on any atom is 0.241 e. The van der Waals surface area contributed by atoms with E-state index in [1.54, 1.807) is 14.0 Å². The van der Waals surface area contributed by atoms with Crippen LogP contribution in [0.1, 0.15) is 18.4 Å². The van der Waals surface area contributed by atoms with Crippen molar-refractivity contribution in [1.82, 2.24) is 9.62 Å². The Labute approximate surface area is 129 Å². The van der Waals surface area contributed by atoms with Crippen molar-refractivity contribution < 1.29 is 13.2 Å². The maximum absolute atomic E-state index is 12.5. The topological polar surface area (TPSA) is 92.5 Å². The SMILES string of the molecule is Cc1cc(Cl)c(N)cc1S(=O)(=O)NC1CCC(=O)N(C)C1. The lowest BCUT2D eigenvalue weighted by atomic mass is 10.1. The van der Waals surface area contributed by atoms with E-state index in [0.29, 0.717) is 30.0 Å². The van der Waals surface area contributed by atoms with Gasteiger partial charge >= 0.3 is 0 Å². The molecule has 1 aliphatic rings. The third-order valence-corrected chi connectivity index (χ3v) is 5.52. The number of likely N-dealkylation sites (N-methyl/N-ethyl adjacent to an activating group) is 1. The summed E-state index contributed by atoms with van der Waals surface area (Å²) in [6.07, 6.45) is 0.829. The van der Waals surface area contributed by atoms with Crippen LogP contribution in [0.4, 0.5) is 5.69 Å². The van der Waals surface area contributed by atoms with Crippen LogP contribution >= 0.6 is 11.6 Å². The second kappa shape index (κ2) is 5.82. The highest BCUT2D eigenvalue weighted by Gasteiger charge is 2.28. The van der Waals surface area contributed by atoms with Crippen molar-refractivity contribution in [3.05, 3.63) is 22.7 Å². The Hall–Kier alpha value is -1.31. The number of nitrogens with one attached hydrogen (secondary N) is 1. The first-order valence-electron chi connectivity index (χ1n) is 6.52. The van der Waals surface area contributed by atoms with Gasteiger partial charge in [0.25, 0.3) is 0 Å². The van der Waals surface area contributed by atoms with E-state index < -0.39 is 10.0 Å². The number of benzene rings is 1. The predicted molar refractivity (Wildman–Crippen MR) is 81.6 cm³/mol. The highest BCUT2D eigenvalue weighted by molar-refractivity contribution is 7.89. The van der Waals surface area contributed by atoms with E-state index in [1.165, 1.54) is 17.0 Å². The number of anilines is 1. The molecule has 0 saturated carbocycles. The van der Waals surface area contributed by atoms with Gasteiger partial charge in [-0.3, -0.25) is 4.79 Å². The quantitative estimate of drug-likeness (QED) is 0.812. The molecule has 1 aliphatic heterocycles. The summed E-state index contributed by atoms with van der Waals surface area (Å²) in [7, 11) is -2.04. The number of aryl methyl sites for hydroxylation is 1. The number of sulfonamides is 1. The van der Waals surface area contributed by atoms with E-state index in [4.69, 9.17) is 17.3 Å². The van der Waals surface area contributed by atoms with Crippen molar-refractivity contribution in [2.45, 2.75) is 30.7 Å². The fourth-order valence-corrected chi connectivity index (χ4v) is 4.09. The van der Waals surface area contributed by atoms with Crippen LogP contribution in [-0.4, -0.2) is 38.9 Å². The average molecular weight is 332 g/mol. The van der Waals surface area contributed by atoms with Crippen LogP contribution in [0, 0.1) is 6.92 Å². The van der Waals surface area contributed by atoms with Gasteiger partial charge in [0.05, 0.1) is 15.6 Å². The number of hydrogen-bond acceptors (Lipinski definition) is 4. The number of halogens is 1. The molecule has 2 rings (SSSR count). The van der Waals surface area contributed by atoms with Gasteiger partial charge in [0.1, 0.15) is 0 Å². The summed E-state index contributed by atoms with van der Waals surface area (Å²) in [5.41, 5.74) is 6.43. The summed E-state index contributed by atoms with van der Waals surface area (Å²) in [4.78, 5) is 13.1. The predicted octanol–water partition coefficient (Wildman–Crippen LogP) is 1.13. The van der Waals surface area contributed by atoms with Gasteiger partial charge in [-0.15, -0.1) is 0 Å². The van der Waals surface area contributed by atoms with E-state index in [-0.39, 0.29) is 22.5 Å².